The van der Waals surface area contributed by atoms with Crippen LogP contribution in [-0.2, 0) is 4.79 Å². The molecule has 0 spiro atoms. The SMILES string of the molecule is O=C(O)C[C@@H](O)CF. The molecule has 4 heteroatoms. The van der Waals surface area contributed by atoms with E-state index in [1.54, 1.807) is 0 Å². The largest absolute Gasteiger partial charge is 0.481 e. The number of carboxylic acid groups (broad SMARTS) is 1. The molecule has 0 fully saturated rings. The predicted molar refractivity (Wildman–Crippen MR) is 24.2 cm³/mol. The van der Waals surface area contributed by atoms with E-state index in [-0.39, 0.29) is 0 Å². The maximum atomic E-state index is 11.2. The molecule has 0 aliphatic heterocycles. The topological polar surface area (TPSA) is 57.5 Å². The van der Waals surface area contributed by atoms with Gasteiger partial charge in [-0.05, 0) is 0 Å². The van der Waals surface area contributed by atoms with Crippen LogP contribution in [0.1, 0.15) is 6.42 Å². The van der Waals surface area contributed by atoms with Gasteiger partial charge in [-0.15, -0.1) is 0 Å². The van der Waals surface area contributed by atoms with E-state index in [0.717, 1.165) is 0 Å². The van der Waals surface area contributed by atoms with E-state index in [0.29, 0.717) is 0 Å². The van der Waals surface area contributed by atoms with E-state index in [1.165, 1.54) is 0 Å². The Balaban J connectivity index is 3.24. The van der Waals surface area contributed by atoms with Crippen LogP contribution in [0, 0.1) is 0 Å². The fourth-order valence-corrected chi connectivity index (χ4v) is 0.256. The lowest BCUT2D eigenvalue weighted by molar-refractivity contribution is -0.139. The maximum Gasteiger partial charge on any atom is 0.306 e. The van der Waals surface area contributed by atoms with Gasteiger partial charge in [0, 0.05) is 0 Å². The fraction of sp³-hybridized carbons (Fsp3) is 0.750. The summed E-state index contributed by atoms with van der Waals surface area (Å²) >= 11 is 0. The number of aliphatic hydroxyl groups is 1. The third kappa shape index (κ3) is 3.55. The van der Waals surface area contributed by atoms with E-state index < -0.39 is 25.2 Å². The van der Waals surface area contributed by atoms with Gasteiger partial charge in [-0.1, -0.05) is 0 Å². The van der Waals surface area contributed by atoms with Crippen LogP contribution in [0.25, 0.3) is 0 Å². The van der Waals surface area contributed by atoms with Crippen LogP contribution in [0.15, 0.2) is 0 Å². The summed E-state index contributed by atoms with van der Waals surface area (Å²) in [7, 11) is 0. The maximum absolute atomic E-state index is 11.2. The van der Waals surface area contributed by atoms with Crippen molar-refractivity contribution in [2.75, 3.05) is 6.67 Å². The smallest absolute Gasteiger partial charge is 0.306 e. The summed E-state index contributed by atoms with van der Waals surface area (Å²) in [6.45, 7) is -0.994. The van der Waals surface area contributed by atoms with Gasteiger partial charge in [0.1, 0.15) is 6.67 Å². The highest BCUT2D eigenvalue weighted by Gasteiger charge is 2.06. The summed E-state index contributed by atoms with van der Waals surface area (Å²) in [5.74, 6) is -1.19. The minimum Gasteiger partial charge on any atom is -0.481 e. The molecule has 3 nitrogen and oxygen atoms in total. The van der Waals surface area contributed by atoms with Crippen molar-refractivity contribution in [3.05, 3.63) is 0 Å². The fourth-order valence-electron chi connectivity index (χ4n) is 0.256. The second-order valence-electron chi connectivity index (χ2n) is 1.41. The third-order valence-electron chi connectivity index (χ3n) is 0.588. The Labute approximate surface area is 45.7 Å². The van der Waals surface area contributed by atoms with Crippen LogP contribution in [0.4, 0.5) is 4.39 Å². The molecule has 8 heavy (non-hydrogen) atoms. The zero-order valence-electron chi connectivity index (χ0n) is 4.17. The Morgan fingerprint density at radius 3 is 2.38 bits per heavy atom. The van der Waals surface area contributed by atoms with Crippen molar-refractivity contribution in [1.82, 2.24) is 0 Å². The molecule has 0 aromatic rings. The molecule has 0 saturated carbocycles. The summed E-state index contributed by atoms with van der Waals surface area (Å²) in [5, 5.41) is 16.2. The number of aliphatic hydroxyl groups excluding tert-OH is 1. The lowest BCUT2D eigenvalue weighted by atomic mass is 10.3. The van der Waals surface area contributed by atoms with Crippen molar-refractivity contribution in [1.29, 1.82) is 0 Å². The molecule has 48 valence electrons. The lowest BCUT2D eigenvalue weighted by Crippen LogP contribution is -2.14. The van der Waals surface area contributed by atoms with Gasteiger partial charge in [0.2, 0.25) is 0 Å². The highest BCUT2D eigenvalue weighted by atomic mass is 19.1. The van der Waals surface area contributed by atoms with Gasteiger partial charge in [0.25, 0.3) is 0 Å². The highest BCUT2D eigenvalue weighted by Crippen LogP contribution is 1.90. The molecule has 1 atom stereocenters. The molecule has 0 heterocycles. The van der Waals surface area contributed by atoms with Crippen molar-refractivity contribution in [3.8, 4) is 0 Å². The van der Waals surface area contributed by atoms with Crippen molar-refractivity contribution < 1.29 is 19.4 Å². The second kappa shape index (κ2) is 3.37. The van der Waals surface area contributed by atoms with Crippen LogP contribution < -0.4 is 0 Å². The van der Waals surface area contributed by atoms with Gasteiger partial charge in [0.05, 0.1) is 12.5 Å². The van der Waals surface area contributed by atoms with Crippen LogP contribution in [0.2, 0.25) is 0 Å². The first kappa shape index (κ1) is 7.36. The monoisotopic (exact) mass is 122 g/mol. The molecule has 0 aliphatic carbocycles. The number of hydrogen-bond donors (Lipinski definition) is 2. The first-order valence-electron chi connectivity index (χ1n) is 2.12. The average Bonchev–Trinajstić information content (AvgIpc) is 1.65. The van der Waals surface area contributed by atoms with Crippen molar-refractivity contribution in [3.63, 3.8) is 0 Å². The Morgan fingerprint density at radius 2 is 2.25 bits per heavy atom. The molecule has 0 amide bonds. The number of aliphatic carboxylic acids is 1. The molecular formula is C4H7FO3. The number of halogens is 1. The minimum absolute atomic E-state index is 0.517. The van der Waals surface area contributed by atoms with Crippen LogP contribution >= 0.6 is 0 Å². The van der Waals surface area contributed by atoms with E-state index in [1.807, 2.05) is 0 Å². The van der Waals surface area contributed by atoms with Crippen LogP contribution in [-0.4, -0.2) is 29.0 Å². The van der Waals surface area contributed by atoms with Gasteiger partial charge in [-0.3, -0.25) is 4.79 Å². The van der Waals surface area contributed by atoms with E-state index in [4.69, 9.17) is 10.2 Å². The lowest BCUT2D eigenvalue weighted by Gasteiger charge is -1.97. The van der Waals surface area contributed by atoms with Gasteiger partial charge in [-0.25, -0.2) is 4.39 Å². The first-order chi connectivity index (χ1) is 3.66. The summed E-state index contributed by atoms with van der Waals surface area (Å²) in [6.07, 6.45) is -1.86. The Bertz CT molecular complexity index is 83.4. The quantitative estimate of drug-likeness (QED) is 0.544. The molecule has 0 radical (unpaired) electrons. The highest BCUT2D eigenvalue weighted by molar-refractivity contribution is 5.67. The summed E-state index contributed by atoms with van der Waals surface area (Å²) in [5.41, 5.74) is 0. The number of alkyl halides is 1. The van der Waals surface area contributed by atoms with Gasteiger partial charge in [0.15, 0.2) is 0 Å². The van der Waals surface area contributed by atoms with Crippen LogP contribution in [0.5, 0.6) is 0 Å². The van der Waals surface area contributed by atoms with Crippen LogP contribution in [0.3, 0.4) is 0 Å². The molecule has 0 unspecified atom stereocenters. The van der Waals surface area contributed by atoms with E-state index in [2.05, 4.69) is 0 Å². The summed E-state index contributed by atoms with van der Waals surface area (Å²) in [4.78, 5) is 9.64. The average molecular weight is 122 g/mol. The Morgan fingerprint density at radius 1 is 1.75 bits per heavy atom. The van der Waals surface area contributed by atoms with Gasteiger partial charge < -0.3 is 10.2 Å². The molecule has 0 aromatic heterocycles. The number of rotatable bonds is 3. The standard InChI is InChI=1S/C4H7FO3/c5-2-3(6)1-4(7)8/h3,6H,1-2H2,(H,7,8)/t3-/m1/s1. The number of carboxylic acids is 1. The first-order valence-corrected chi connectivity index (χ1v) is 2.12. The molecule has 2 N–H and O–H groups in total. The summed E-state index contributed by atoms with van der Waals surface area (Å²) in [6, 6.07) is 0. The summed E-state index contributed by atoms with van der Waals surface area (Å²) < 4.78 is 11.2. The molecule has 0 saturated heterocycles. The molecule has 0 rings (SSSR count). The van der Waals surface area contributed by atoms with Crippen molar-refractivity contribution in [2.24, 2.45) is 0 Å². The van der Waals surface area contributed by atoms with E-state index in [9.17, 15) is 9.18 Å². The minimum atomic E-state index is -1.34. The molecule has 0 aromatic carbocycles. The third-order valence-corrected chi connectivity index (χ3v) is 0.588. The zero-order chi connectivity index (χ0) is 6.57. The number of hydrogen-bond acceptors (Lipinski definition) is 2. The zero-order valence-corrected chi connectivity index (χ0v) is 4.17. The second-order valence-corrected chi connectivity index (χ2v) is 1.41. The van der Waals surface area contributed by atoms with Gasteiger partial charge >= 0.3 is 5.97 Å². The number of carbonyl (C=O) groups is 1. The Hall–Kier alpha value is -0.640. The Kier molecular flexibility index (Phi) is 3.10. The molecular weight excluding hydrogens is 115 g/mol. The predicted octanol–water partition coefficient (Wildman–Crippen LogP) is -0.209. The van der Waals surface area contributed by atoms with Crippen molar-refractivity contribution >= 4 is 5.97 Å². The van der Waals surface area contributed by atoms with Crippen molar-refractivity contribution in [2.45, 2.75) is 12.5 Å². The van der Waals surface area contributed by atoms with E-state index >= 15 is 0 Å². The normalized spacial score (nSPS) is 13.2. The van der Waals surface area contributed by atoms with Gasteiger partial charge in [-0.2, -0.15) is 0 Å². The molecule has 0 aliphatic rings. The molecule has 0 bridgehead atoms.